The van der Waals surface area contributed by atoms with Crippen molar-refractivity contribution >= 4 is 16.8 Å². The fraction of sp³-hybridized carbons (Fsp3) is 0.526. The third-order valence-electron chi connectivity index (χ3n) is 4.79. The zero-order valence-electron chi connectivity index (χ0n) is 15.8. The van der Waals surface area contributed by atoms with Gasteiger partial charge in [0.15, 0.2) is 11.5 Å². The summed E-state index contributed by atoms with van der Waals surface area (Å²) in [5.41, 5.74) is 0.397. The number of hydrogen-bond donors (Lipinski definition) is 2. The molecule has 1 unspecified atom stereocenters. The van der Waals surface area contributed by atoms with E-state index in [2.05, 4.69) is 15.6 Å². The predicted molar refractivity (Wildman–Crippen MR) is 102 cm³/mol. The molecule has 0 spiro atoms. The van der Waals surface area contributed by atoms with Gasteiger partial charge < -0.3 is 20.1 Å². The second kappa shape index (κ2) is 8.85. The monoisotopic (exact) mass is 374 g/mol. The van der Waals surface area contributed by atoms with Crippen molar-refractivity contribution in [3.63, 3.8) is 0 Å². The van der Waals surface area contributed by atoms with Crippen LogP contribution in [0.1, 0.15) is 25.7 Å². The lowest BCUT2D eigenvalue weighted by Gasteiger charge is -2.23. The minimum Gasteiger partial charge on any atom is -0.493 e. The van der Waals surface area contributed by atoms with E-state index in [1.54, 1.807) is 19.2 Å². The first-order valence-electron chi connectivity index (χ1n) is 9.23. The van der Waals surface area contributed by atoms with Crippen LogP contribution < -0.4 is 25.7 Å². The zero-order chi connectivity index (χ0) is 19.2. The number of carbonyl (C=O) groups is 1. The van der Waals surface area contributed by atoms with Crippen molar-refractivity contribution in [3.8, 4) is 11.5 Å². The van der Waals surface area contributed by atoms with Crippen LogP contribution in [0, 0.1) is 0 Å². The molecule has 0 radical (unpaired) electrons. The fourth-order valence-electron chi connectivity index (χ4n) is 3.33. The van der Waals surface area contributed by atoms with Crippen LogP contribution in [0.25, 0.3) is 10.9 Å². The highest BCUT2D eigenvalue weighted by Crippen LogP contribution is 2.29. The van der Waals surface area contributed by atoms with Crippen LogP contribution in [0.4, 0.5) is 0 Å². The second-order valence-corrected chi connectivity index (χ2v) is 6.68. The quantitative estimate of drug-likeness (QED) is 0.753. The van der Waals surface area contributed by atoms with E-state index in [1.165, 1.54) is 18.0 Å². The Morgan fingerprint density at radius 2 is 2.11 bits per heavy atom. The van der Waals surface area contributed by atoms with E-state index in [0.717, 1.165) is 25.9 Å². The minimum atomic E-state index is -0.155. The fourth-order valence-corrected chi connectivity index (χ4v) is 3.33. The topological polar surface area (TPSA) is 94.5 Å². The summed E-state index contributed by atoms with van der Waals surface area (Å²) in [4.78, 5) is 29.1. The molecule has 3 rings (SSSR count). The van der Waals surface area contributed by atoms with E-state index >= 15 is 0 Å². The number of nitrogens with zero attached hydrogens (tertiary/aromatic N) is 2. The van der Waals surface area contributed by atoms with Gasteiger partial charge in [-0.15, -0.1) is 0 Å². The summed E-state index contributed by atoms with van der Waals surface area (Å²) in [5, 5.41) is 6.78. The van der Waals surface area contributed by atoms with Crippen molar-refractivity contribution in [2.45, 2.75) is 38.3 Å². The summed E-state index contributed by atoms with van der Waals surface area (Å²) in [6.07, 6.45) is 4.56. The number of piperidine rings is 1. The lowest BCUT2D eigenvalue weighted by molar-refractivity contribution is -0.122. The second-order valence-electron chi connectivity index (χ2n) is 6.68. The van der Waals surface area contributed by atoms with Gasteiger partial charge in [-0.25, -0.2) is 4.98 Å². The van der Waals surface area contributed by atoms with Crippen molar-refractivity contribution in [3.05, 3.63) is 28.8 Å². The average Bonchev–Trinajstić information content (AvgIpc) is 2.69. The summed E-state index contributed by atoms with van der Waals surface area (Å²) >= 11 is 0. The van der Waals surface area contributed by atoms with Gasteiger partial charge in [0.2, 0.25) is 5.91 Å². The standard InChI is InChI=1S/C19H26N4O4/c1-26-16-9-14-15(10-17(16)27-2)21-12-23(19(14)25)8-4-6-18(24)22-13-5-3-7-20-11-13/h9-10,12-13,20H,3-8,11H2,1-2H3,(H,22,24). The van der Waals surface area contributed by atoms with Crippen molar-refractivity contribution in [2.24, 2.45) is 0 Å². The molecule has 1 aromatic heterocycles. The number of aromatic nitrogens is 2. The maximum atomic E-state index is 12.7. The first-order chi connectivity index (χ1) is 13.1. The molecular formula is C19H26N4O4. The van der Waals surface area contributed by atoms with E-state index in [-0.39, 0.29) is 17.5 Å². The Labute approximate surface area is 157 Å². The molecule has 146 valence electrons. The Bertz CT molecular complexity index is 859. The molecule has 0 bridgehead atoms. The number of amides is 1. The van der Waals surface area contributed by atoms with Crippen molar-refractivity contribution in [2.75, 3.05) is 27.3 Å². The lowest BCUT2D eigenvalue weighted by Crippen LogP contribution is -2.45. The number of ether oxygens (including phenoxy) is 2. The van der Waals surface area contributed by atoms with Gasteiger partial charge in [-0.1, -0.05) is 0 Å². The molecule has 2 heterocycles. The number of carbonyl (C=O) groups excluding carboxylic acids is 1. The predicted octanol–water partition coefficient (Wildman–Crippen LogP) is 1.06. The van der Waals surface area contributed by atoms with E-state index in [0.29, 0.717) is 41.8 Å². The molecule has 2 aromatic rings. The zero-order valence-corrected chi connectivity index (χ0v) is 15.8. The summed E-state index contributed by atoms with van der Waals surface area (Å²) in [6.45, 7) is 2.28. The molecule has 27 heavy (non-hydrogen) atoms. The van der Waals surface area contributed by atoms with Crippen LogP contribution in [0.3, 0.4) is 0 Å². The molecule has 1 aliphatic heterocycles. The summed E-state index contributed by atoms with van der Waals surface area (Å²) < 4.78 is 12.0. The molecule has 1 aromatic carbocycles. The molecule has 8 heteroatoms. The van der Waals surface area contributed by atoms with Gasteiger partial charge in [-0.2, -0.15) is 0 Å². The number of hydrogen-bond acceptors (Lipinski definition) is 6. The normalized spacial score (nSPS) is 16.9. The molecule has 1 aliphatic rings. The highest BCUT2D eigenvalue weighted by molar-refractivity contribution is 5.81. The van der Waals surface area contributed by atoms with Gasteiger partial charge in [0.1, 0.15) is 0 Å². The highest BCUT2D eigenvalue weighted by Gasteiger charge is 2.15. The molecule has 0 saturated carbocycles. The molecule has 1 fully saturated rings. The Morgan fingerprint density at radius 1 is 1.33 bits per heavy atom. The lowest BCUT2D eigenvalue weighted by atomic mass is 10.1. The molecule has 1 saturated heterocycles. The van der Waals surface area contributed by atoms with Crippen molar-refractivity contribution < 1.29 is 14.3 Å². The van der Waals surface area contributed by atoms with Crippen molar-refractivity contribution in [1.29, 1.82) is 0 Å². The van der Waals surface area contributed by atoms with Crippen molar-refractivity contribution in [1.82, 2.24) is 20.2 Å². The third-order valence-corrected chi connectivity index (χ3v) is 4.79. The summed E-state index contributed by atoms with van der Waals surface area (Å²) in [5.74, 6) is 1.04. The van der Waals surface area contributed by atoms with Crippen LogP contribution in [0.2, 0.25) is 0 Å². The van der Waals surface area contributed by atoms with E-state index < -0.39 is 0 Å². The van der Waals surface area contributed by atoms with Gasteiger partial charge in [-0.05, 0) is 31.9 Å². The average molecular weight is 374 g/mol. The Hall–Kier alpha value is -2.61. The SMILES string of the molecule is COc1cc2ncn(CCCC(=O)NC3CCCNC3)c(=O)c2cc1OC. The number of aryl methyl sites for hydroxylation is 1. The number of benzene rings is 1. The number of fused-ring (bicyclic) bond motifs is 1. The number of methoxy groups -OCH3 is 2. The van der Waals surface area contributed by atoms with Crippen LogP contribution in [0.15, 0.2) is 23.3 Å². The Kier molecular flexibility index (Phi) is 6.28. The van der Waals surface area contributed by atoms with Crippen LogP contribution >= 0.6 is 0 Å². The number of rotatable bonds is 7. The van der Waals surface area contributed by atoms with Gasteiger partial charge >= 0.3 is 0 Å². The van der Waals surface area contributed by atoms with Gasteiger partial charge in [0.25, 0.3) is 5.56 Å². The highest BCUT2D eigenvalue weighted by atomic mass is 16.5. The van der Waals surface area contributed by atoms with Crippen LogP contribution in [-0.2, 0) is 11.3 Å². The van der Waals surface area contributed by atoms with Crippen LogP contribution in [-0.4, -0.2) is 48.8 Å². The molecule has 8 nitrogen and oxygen atoms in total. The third kappa shape index (κ3) is 4.57. The smallest absolute Gasteiger partial charge is 0.261 e. The molecule has 0 aliphatic carbocycles. The van der Waals surface area contributed by atoms with Gasteiger partial charge in [-0.3, -0.25) is 14.2 Å². The minimum absolute atomic E-state index is 0.0249. The maximum absolute atomic E-state index is 12.7. The largest absolute Gasteiger partial charge is 0.493 e. The summed E-state index contributed by atoms with van der Waals surface area (Å²) in [6, 6.07) is 3.53. The molecule has 2 N–H and O–H groups in total. The first-order valence-corrected chi connectivity index (χ1v) is 9.23. The first kappa shape index (κ1) is 19.2. The van der Waals surface area contributed by atoms with Crippen LogP contribution in [0.5, 0.6) is 11.5 Å². The molecular weight excluding hydrogens is 348 g/mol. The van der Waals surface area contributed by atoms with E-state index in [9.17, 15) is 9.59 Å². The van der Waals surface area contributed by atoms with E-state index in [4.69, 9.17) is 9.47 Å². The Balaban J connectivity index is 1.63. The number of nitrogens with one attached hydrogen (secondary N) is 2. The van der Waals surface area contributed by atoms with E-state index in [1.807, 2.05) is 0 Å². The Morgan fingerprint density at radius 3 is 2.81 bits per heavy atom. The van der Waals surface area contributed by atoms with Gasteiger partial charge in [0, 0.05) is 31.6 Å². The molecule has 1 atom stereocenters. The maximum Gasteiger partial charge on any atom is 0.261 e. The summed E-state index contributed by atoms with van der Waals surface area (Å²) in [7, 11) is 3.07. The van der Waals surface area contributed by atoms with Gasteiger partial charge in [0.05, 0.1) is 31.4 Å². The molecule has 1 amide bonds.